The minimum Gasteiger partial charge on any atom is -0.339 e. The summed E-state index contributed by atoms with van der Waals surface area (Å²) in [6.07, 6.45) is 1.45. The van der Waals surface area contributed by atoms with Crippen LogP contribution in [0.5, 0.6) is 0 Å². The summed E-state index contributed by atoms with van der Waals surface area (Å²) in [5.74, 6) is 2.15. The van der Waals surface area contributed by atoms with Crippen LogP contribution in [0.1, 0.15) is 0 Å². The summed E-state index contributed by atoms with van der Waals surface area (Å²) in [5.41, 5.74) is 0. The van der Waals surface area contributed by atoms with Crippen LogP contribution in [0, 0.1) is 0 Å². The average Bonchev–Trinajstić information content (AvgIpc) is 2.72. The van der Waals surface area contributed by atoms with Crippen LogP contribution >= 0.6 is 11.8 Å². The van der Waals surface area contributed by atoms with Crippen LogP contribution in [0.25, 0.3) is 0 Å². The monoisotopic (exact) mass is 213 g/mol. The first-order valence-corrected chi connectivity index (χ1v) is 5.58. The van der Waals surface area contributed by atoms with Crippen molar-refractivity contribution in [2.75, 3.05) is 24.6 Å². The zero-order chi connectivity index (χ0) is 9.80. The van der Waals surface area contributed by atoms with Gasteiger partial charge in [-0.05, 0) is 10.4 Å². The zero-order valence-electron chi connectivity index (χ0n) is 7.67. The lowest BCUT2D eigenvalue weighted by Gasteiger charge is -2.26. The Balaban J connectivity index is 1.88. The lowest BCUT2D eigenvalue weighted by atomic mass is 10.4. The van der Waals surface area contributed by atoms with Gasteiger partial charge in [-0.15, -0.1) is 5.10 Å². The number of rotatable bonds is 2. The number of hydrogen-bond acceptors (Lipinski definition) is 5. The Hall–Kier alpha value is -1.11. The van der Waals surface area contributed by atoms with Gasteiger partial charge >= 0.3 is 0 Å². The SMILES string of the molecule is O=C(Cn1cnnn1)N1CCSCC1. The van der Waals surface area contributed by atoms with Crippen molar-refractivity contribution in [3.8, 4) is 0 Å². The second kappa shape index (κ2) is 4.41. The van der Waals surface area contributed by atoms with Gasteiger partial charge in [-0.2, -0.15) is 11.8 Å². The first-order valence-electron chi connectivity index (χ1n) is 4.42. The van der Waals surface area contributed by atoms with E-state index in [-0.39, 0.29) is 12.5 Å². The van der Waals surface area contributed by atoms with Gasteiger partial charge in [-0.25, -0.2) is 4.68 Å². The van der Waals surface area contributed by atoms with E-state index in [0.717, 1.165) is 24.6 Å². The Morgan fingerprint density at radius 2 is 2.21 bits per heavy atom. The first kappa shape index (κ1) is 9.45. The Bertz CT molecular complexity index is 295. The third kappa shape index (κ3) is 2.22. The zero-order valence-corrected chi connectivity index (χ0v) is 8.48. The van der Waals surface area contributed by atoms with Gasteiger partial charge in [-0.1, -0.05) is 0 Å². The van der Waals surface area contributed by atoms with Crippen molar-refractivity contribution in [3.05, 3.63) is 6.33 Å². The van der Waals surface area contributed by atoms with Gasteiger partial charge in [0.2, 0.25) is 5.91 Å². The van der Waals surface area contributed by atoms with E-state index >= 15 is 0 Å². The number of tetrazole rings is 1. The van der Waals surface area contributed by atoms with E-state index < -0.39 is 0 Å². The summed E-state index contributed by atoms with van der Waals surface area (Å²) in [4.78, 5) is 13.5. The van der Waals surface area contributed by atoms with Gasteiger partial charge in [0.1, 0.15) is 12.9 Å². The second-order valence-electron chi connectivity index (χ2n) is 3.00. The Morgan fingerprint density at radius 1 is 1.43 bits per heavy atom. The minimum absolute atomic E-state index is 0.0950. The number of carbonyl (C=O) groups excluding carboxylic acids is 1. The molecule has 1 aromatic rings. The molecular weight excluding hydrogens is 202 g/mol. The molecule has 0 bridgehead atoms. The molecule has 1 aliphatic rings. The maximum absolute atomic E-state index is 11.7. The van der Waals surface area contributed by atoms with Gasteiger partial charge < -0.3 is 4.90 Å². The van der Waals surface area contributed by atoms with Gasteiger partial charge in [0.25, 0.3) is 0 Å². The largest absolute Gasteiger partial charge is 0.339 e. The molecule has 1 aliphatic heterocycles. The summed E-state index contributed by atoms with van der Waals surface area (Å²) in [6, 6.07) is 0. The highest BCUT2D eigenvalue weighted by Gasteiger charge is 2.16. The van der Waals surface area contributed by atoms with Crippen LogP contribution in [0.4, 0.5) is 0 Å². The molecule has 6 nitrogen and oxygen atoms in total. The molecule has 0 aromatic carbocycles. The fraction of sp³-hybridized carbons (Fsp3) is 0.714. The second-order valence-corrected chi connectivity index (χ2v) is 4.23. The molecule has 0 N–H and O–H groups in total. The molecule has 14 heavy (non-hydrogen) atoms. The van der Waals surface area contributed by atoms with Gasteiger partial charge in [-0.3, -0.25) is 4.79 Å². The fourth-order valence-corrected chi connectivity index (χ4v) is 2.21. The fourth-order valence-electron chi connectivity index (χ4n) is 1.30. The molecule has 0 radical (unpaired) electrons. The minimum atomic E-state index is 0.0950. The van der Waals surface area contributed by atoms with E-state index in [4.69, 9.17) is 0 Å². The maximum Gasteiger partial charge on any atom is 0.244 e. The average molecular weight is 213 g/mol. The van der Waals surface area contributed by atoms with Crippen molar-refractivity contribution in [2.24, 2.45) is 0 Å². The van der Waals surface area contributed by atoms with Crippen molar-refractivity contribution in [1.82, 2.24) is 25.1 Å². The van der Waals surface area contributed by atoms with Crippen molar-refractivity contribution in [3.63, 3.8) is 0 Å². The molecule has 76 valence electrons. The van der Waals surface area contributed by atoms with Crippen molar-refractivity contribution >= 4 is 17.7 Å². The first-order chi connectivity index (χ1) is 6.86. The normalized spacial score (nSPS) is 17.0. The van der Waals surface area contributed by atoms with E-state index in [0.29, 0.717) is 0 Å². The van der Waals surface area contributed by atoms with Crippen LogP contribution in [0.15, 0.2) is 6.33 Å². The predicted octanol–water partition coefficient (Wildman–Crippen LogP) is -0.751. The highest BCUT2D eigenvalue weighted by Crippen LogP contribution is 2.09. The highest BCUT2D eigenvalue weighted by atomic mass is 32.2. The Kier molecular flexibility index (Phi) is 2.97. The maximum atomic E-state index is 11.7. The molecule has 2 heterocycles. The molecule has 2 rings (SSSR count). The van der Waals surface area contributed by atoms with Crippen molar-refractivity contribution < 1.29 is 4.79 Å². The molecule has 0 aliphatic carbocycles. The van der Waals surface area contributed by atoms with Crippen LogP contribution in [0.3, 0.4) is 0 Å². The van der Waals surface area contributed by atoms with E-state index in [2.05, 4.69) is 15.5 Å². The van der Waals surface area contributed by atoms with Gasteiger partial charge in [0, 0.05) is 24.6 Å². The summed E-state index contributed by atoms with van der Waals surface area (Å²) >= 11 is 1.88. The summed E-state index contributed by atoms with van der Waals surface area (Å²) in [7, 11) is 0. The summed E-state index contributed by atoms with van der Waals surface area (Å²) in [5, 5.41) is 10.6. The summed E-state index contributed by atoms with van der Waals surface area (Å²) in [6.45, 7) is 1.93. The number of amides is 1. The lowest BCUT2D eigenvalue weighted by molar-refractivity contribution is -0.131. The molecule has 1 amide bonds. The number of thioether (sulfide) groups is 1. The van der Waals surface area contributed by atoms with Crippen LogP contribution in [0.2, 0.25) is 0 Å². The topological polar surface area (TPSA) is 63.9 Å². The number of hydrogen-bond donors (Lipinski definition) is 0. The molecular formula is C7H11N5OS. The lowest BCUT2D eigenvalue weighted by Crippen LogP contribution is -2.39. The quantitative estimate of drug-likeness (QED) is 0.646. The molecule has 0 unspecified atom stereocenters. The van der Waals surface area contributed by atoms with Crippen LogP contribution in [-0.2, 0) is 11.3 Å². The van der Waals surface area contributed by atoms with E-state index in [9.17, 15) is 4.79 Å². The third-order valence-corrected chi connectivity index (χ3v) is 3.00. The van der Waals surface area contributed by atoms with Crippen molar-refractivity contribution in [2.45, 2.75) is 6.54 Å². The molecule has 0 saturated carbocycles. The van der Waals surface area contributed by atoms with Gasteiger partial charge in [0.05, 0.1) is 0 Å². The molecule has 0 spiro atoms. The van der Waals surface area contributed by atoms with Crippen LogP contribution < -0.4 is 0 Å². The number of carbonyl (C=O) groups is 1. The van der Waals surface area contributed by atoms with E-state index in [1.54, 1.807) is 0 Å². The summed E-state index contributed by atoms with van der Waals surface area (Å²) < 4.78 is 1.45. The standard InChI is InChI=1S/C7H11N5OS/c13-7(5-12-6-8-9-10-12)11-1-3-14-4-2-11/h6H,1-5H2. The van der Waals surface area contributed by atoms with Gasteiger partial charge in [0.15, 0.2) is 0 Å². The number of nitrogens with zero attached hydrogens (tertiary/aromatic N) is 5. The van der Waals surface area contributed by atoms with Crippen LogP contribution in [-0.4, -0.2) is 55.6 Å². The molecule has 1 fully saturated rings. The molecule has 7 heteroatoms. The molecule has 1 aromatic heterocycles. The number of aromatic nitrogens is 4. The smallest absolute Gasteiger partial charge is 0.244 e. The Morgan fingerprint density at radius 3 is 2.86 bits per heavy atom. The predicted molar refractivity (Wildman–Crippen MR) is 51.7 cm³/mol. The molecule has 1 saturated heterocycles. The highest BCUT2D eigenvalue weighted by molar-refractivity contribution is 7.99. The molecule has 0 atom stereocenters. The van der Waals surface area contributed by atoms with E-state index in [1.807, 2.05) is 16.7 Å². The third-order valence-electron chi connectivity index (χ3n) is 2.05. The van der Waals surface area contributed by atoms with Crippen molar-refractivity contribution in [1.29, 1.82) is 0 Å². The Labute approximate surface area is 85.6 Å². The van der Waals surface area contributed by atoms with E-state index in [1.165, 1.54) is 11.0 Å².